The summed E-state index contributed by atoms with van der Waals surface area (Å²) in [5.74, 6) is -1.39. The van der Waals surface area contributed by atoms with Gasteiger partial charge in [0.1, 0.15) is 5.82 Å². The molecule has 2 rings (SSSR count). The number of anilines is 2. The maximum atomic E-state index is 13.2. The van der Waals surface area contributed by atoms with Gasteiger partial charge in [0.05, 0.1) is 17.5 Å². The molecule has 4 N–H and O–H groups in total. The molecule has 0 spiro atoms. The smallest absolute Gasteiger partial charge is 0.151 e. The number of aliphatic hydroxyl groups is 1. The number of benzene rings is 1. The van der Waals surface area contributed by atoms with Gasteiger partial charge in [-0.05, 0) is 31.7 Å². The molecular formula is C12H16F2N2O. The minimum absolute atomic E-state index is 0.0579. The van der Waals surface area contributed by atoms with E-state index in [0.29, 0.717) is 18.5 Å². The number of hydrogen-bond acceptors (Lipinski definition) is 3. The molecular weight excluding hydrogens is 226 g/mol. The van der Waals surface area contributed by atoms with Crippen LogP contribution in [0.3, 0.4) is 0 Å². The van der Waals surface area contributed by atoms with Gasteiger partial charge in [0, 0.05) is 12.1 Å². The van der Waals surface area contributed by atoms with Gasteiger partial charge in [0.2, 0.25) is 0 Å². The van der Waals surface area contributed by atoms with Crippen LogP contribution in [0.4, 0.5) is 20.2 Å². The molecule has 1 aromatic carbocycles. The van der Waals surface area contributed by atoms with Crippen molar-refractivity contribution in [1.29, 1.82) is 0 Å². The monoisotopic (exact) mass is 242 g/mol. The van der Waals surface area contributed by atoms with Gasteiger partial charge in [0.15, 0.2) is 5.82 Å². The molecule has 0 amide bonds. The molecule has 0 heterocycles. The second kappa shape index (κ2) is 4.87. The molecule has 0 aliphatic heterocycles. The summed E-state index contributed by atoms with van der Waals surface area (Å²) in [6.45, 7) is 0. The highest BCUT2D eigenvalue weighted by Gasteiger charge is 2.20. The number of rotatable bonds is 2. The van der Waals surface area contributed by atoms with E-state index in [9.17, 15) is 13.9 Å². The number of nitrogen functional groups attached to an aromatic ring is 1. The fourth-order valence-electron chi connectivity index (χ4n) is 2.14. The lowest BCUT2D eigenvalue weighted by atomic mass is 9.93. The Hall–Kier alpha value is -1.36. The van der Waals surface area contributed by atoms with E-state index < -0.39 is 11.6 Å². The molecule has 1 saturated carbocycles. The van der Waals surface area contributed by atoms with Crippen LogP contribution in [0.25, 0.3) is 0 Å². The maximum absolute atomic E-state index is 13.2. The van der Waals surface area contributed by atoms with Crippen LogP contribution in [0.1, 0.15) is 25.7 Å². The maximum Gasteiger partial charge on any atom is 0.151 e. The van der Waals surface area contributed by atoms with E-state index in [4.69, 9.17) is 5.73 Å². The van der Waals surface area contributed by atoms with Crippen molar-refractivity contribution in [3.63, 3.8) is 0 Å². The summed E-state index contributed by atoms with van der Waals surface area (Å²) in [5, 5.41) is 12.4. The Balaban J connectivity index is 2.08. The molecule has 1 aliphatic carbocycles. The van der Waals surface area contributed by atoms with E-state index in [-0.39, 0.29) is 17.8 Å². The zero-order chi connectivity index (χ0) is 12.4. The predicted molar refractivity (Wildman–Crippen MR) is 62.7 cm³/mol. The van der Waals surface area contributed by atoms with E-state index in [1.54, 1.807) is 0 Å². The molecule has 3 nitrogen and oxygen atoms in total. The van der Waals surface area contributed by atoms with Crippen LogP contribution in [0, 0.1) is 11.6 Å². The highest BCUT2D eigenvalue weighted by Crippen LogP contribution is 2.27. The number of nitrogens with one attached hydrogen (secondary N) is 1. The lowest BCUT2D eigenvalue weighted by molar-refractivity contribution is 0.126. The van der Waals surface area contributed by atoms with Gasteiger partial charge in [-0.3, -0.25) is 0 Å². The van der Waals surface area contributed by atoms with Gasteiger partial charge in [-0.1, -0.05) is 0 Å². The van der Waals surface area contributed by atoms with E-state index in [1.807, 2.05) is 0 Å². The van der Waals surface area contributed by atoms with Crippen LogP contribution < -0.4 is 11.1 Å². The van der Waals surface area contributed by atoms with Crippen molar-refractivity contribution in [2.75, 3.05) is 11.1 Å². The van der Waals surface area contributed by atoms with Crippen LogP contribution in [-0.2, 0) is 0 Å². The van der Waals surface area contributed by atoms with Crippen molar-refractivity contribution in [2.45, 2.75) is 37.8 Å². The molecule has 0 bridgehead atoms. The highest BCUT2D eigenvalue weighted by molar-refractivity contribution is 5.67. The molecule has 17 heavy (non-hydrogen) atoms. The Labute approximate surface area is 98.6 Å². The molecule has 5 heteroatoms. The third-order valence-corrected chi connectivity index (χ3v) is 3.15. The van der Waals surface area contributed by atoms with Crippen LogP contribution >= 0.6 is 0 Å². The van der Waals surface area contributed by atoms with Gasteiger partial charge in [0.25, 0.3) is 0 Å². The first-order chi connectivity index (χ1) is 8.06. The average Bonchev–Trinajstić information content (AvgIpc) is 2.28. The summed E-state index contributed by atoms with van der Waals surface area (Å²) in [4.78, 5) is 0. The first-order valence-electron chi connectivity index (χ1n) is 5.75. The largest absolute Gasteiger partial charge is 0.395 e. The summed E-state index contributed by atoms with van der Waals surface area (Å²) < 4.78 is 26.3. The third-order valence-electron chi connectivity index (χ3n) is 3.15. The summed E-state index contributed by atoms with van der Waals surface area (Å²) in [7, 11) is 0. The standard InChI is InChI=1S/C12H16F2N2O/c13-7-5-10(14)12(15)11(6-7)16-8-1-3-9(17)4-2-8/h5-6,8-9,16-17H,1-4,15H2. The highest BCUT2D eigenvalue weighted by atomic mass is 19.1. The molecule has 0 aromatic heterocycles. The van der Waals surface area contributed by atoms with Crippen LogP contribution in [0.2, 0.25) is 0 Å². The summed E-state index contributed by atoms with van der Waals surface area (Å²) >= 11 is 0. The minimum Gasteiger partial charge on any atom is -0.395 e. The van der Waals surface area contributed by atoms with Crippen LogP contribution in [0.15, 0.2) is 12.1 Å². The van der Waals surface area contributed by atoms with Gasteiger partial charge in [-0.2, -0.15) is 0 Å². The van der Waals surface area contributed by atoms with Crippen molar-refractivity contribution in [1.82, 2.24) is 0 Å². The average molecular weight is 242 g/mol. The van der Waals surface area contributed by atoms with E-state index >= 15 is 0 Å². The van der Waals surface area contributed by atoms with Gasteiger partial charge in [-0.15, -0.1) is 0 Å². The van der Waals surface area contributed by atoms with Crippen molar-refractivity contribution in [3.8, 4) is 0 Å². The summed E-state index contributed by atoms with van der Waals surface area (Å²) in [5.41, 5.74) is 5.78. The Morgan fingerprint density at radius 2 is 1.82 bits per heavy atom. The van der Waals surface area contributed by atoms with Crippen LogP contribution in [0.5, 0.6) is 0 Å². The van der Waals surface area contributed by atoms with Crippen molar-refractivity contribution in [3.05, 3.63) is 23.8 Å². The lowest BCUT2D eigenvalue weighted by Gasteiger charge is -2.27. The van der Waals surface area contributed by atoms with E-state index in [1.165, 1.54) is 6.07 Å². The Morgan fingerprint density at radius 3 is 2.47 bits per heavy atom. The first-order valence-corrected chi connectivity index (χ1v) is 5.75. The molecule has 0 unspecified atom stereocenters. The SMILES string of the molecule is Nc1c(F)cc(F)cc1NC1CCC(O)CC1. The molecule has 94 valence electrons. The fraction of sp³-hybridized carbons (Fsp3) is 0.500. The quantitative estimate of drug-likeness (QED) is 0.697. The number of halogens is 2. The molecule has 0 radical (unpaired) electrons. The second-order valence-corrected chi connectivity index (χ2v) is 4.50. The summed E-state index contributed by atoms with van der Waals surface area (Å²) in [6, 6.07) is 2.08. The van der Waals surface area contributed by atoms with Gasteiger partial charge >= 0.3 is 0 Å². The molecule has 1 aromatic rings. The predicted octanol–water partition coefficient (Wildman–Crippen LogP) is 2.26. The first kappa shape index (κ1) is 12.1. The zero-order valence-electron chi connectivity index (χ0n) is 9.42. The van der Waals surface area contributed by atoms with E-state index in [0.717, 1.165) is 18.9 Å². The molecule has 0 atom stereocenters. The van der Waals surface area contributed by atoms with Gasteiger partial charge in [-0.25, -0.2) is 8.78 Å². The molecule has 1 aliphatic rings. The number of hydrogen-bond donors (Lipinski definition) is 3. The Kier molecular flexibility index (Phi) is 3.47. The summed E-state index contributed by atoms with van der Waals surface area (Å²) in [6.07, 6.45) is 2.71. The lowest BCUT2D eigenvalue weighted by Crippen LogP contribution is -2.28. The van der Waals surface area contributed by atoms with Crippen molar-refractivity contribution in [2.24, 2.45) is 0 Å². The topological polar surface area (TPSA) is 58.3 Å². The fourth-order valence-corrected chi connectivity index (χ4v) is 2.14. The molecule has 0 saturated heterocycles. The Morgan fingerprint density at radius 1 is 1.18 bits per heavy atom. The van der Waals surface area contributed by atoms with Gasteiger partial charge < -0.3 is 16.2 Å². The normalized spacial score (nSPS) is 24.6. The Bertz CT molecular complexity index is 404. The van der Waals surface area contributed by atoms with Crippen molar-refractivity contribution < 1.29 is 13.9 Å². The number of nitrogens with two attached hydrogens (primary N) is 1. The second-order valence-electron chi connectivity index (χ2n) is 4.50. The van der Waals surface area contributed by atoms with Crippen molar-refractivity contribution >= 4 is 11.4 Å². The van der Waals surface area contributed by atoms with E-state index in [2.05, 4.69) is 5.32 Å². The molecule has 1 fully saturated rings. The zero-order valence-corrected chi connectivity index (χ0v) is 9.42. The van der Waals surface area contributed by atoms with Crippen LogP contribution in [-0.4, -0.2) is 17.3 Å². The minimum atomic E-state index is -0.747. The third kappa shape index (κ3) is 2.85. The number of aliphatic hydroxyl groups excluding tert-OH is 1.